The first kappa shape index (κ1) is 18.2. The van der Waals surface area contributed by atoms with E-state index < -0.39 is 25.1 Å². The Kier molecular flexibility index (Phi) is 4.39. The summed E-state index contributed by atoms with van der Waals surface area (Å²) < 4.78 is 62.6. The number of aryl methyl sites for hydroxylation is 1. The third-order valence-electron chi connectivity index (χ3n) is 3.83. The maximum Gasteiger partial charge on any atom is 0.339 e. The van der Waals surface area contributed by atoms with Crippen LogP contribution >= 0.6 is 0 Å². The van der Waals surface area contributed by atoms with Crippen LogP contribution in [-0.4, -0.2) is 21.4 Å². The lowest BCUT2D eigenvalue weighted by atomic mass is 10.1. The van der Waals surface area contributed by atoms with Crippen LogP contribution in [0.4, 0.5) is 5.69 Å². The molecule has 0 saturated carbocycles. The monoisotopic (exact) mass is 393 g/mol. The van der Waals surface area contributed by atoms with Gasteiger partial charge in [-0.2, -0.15) is 16.8 Å². The Morgan fingerprint density at radius 1 is 0.923 bits per heavy atom. The van der Waals surface area contributed by atoms with Crippen molar-refractivity contribution in [2.24, 2.45) is 0 Å². The van der Waals surface area contributed by atoms with Crippen molar-refractivity contribution in [3.05, 3.63) is 60.2 Å². The molecule has 0 bridgehead atoms. The molecule has 3 aromatic carbocycles. The Balaban J connectivity index is 2.17. The fourth-order valence-corrected chi connectivity index (χ4v) is 3.92. The molecule has 0 atom stereocenters. The molecule has 3 rings (SSSR count). The quantitative estimate of drug-likeness (QED) is 0.397. The van der Waals surface area contributed by atoms with Crippen molar-refractivity contribution in [1.29, 1.82) is 0 Å². The van der Waals surface area contributed by atoms with Crippen LogP contribution in [0.2, 0.25) is 0 Å². The summed E-state index contributed by atoms with van der Waals surface area (Å²) in [7, 11) is -8.81. The highest BCUT2D eigenvalue weighted by atomic mass is 32.2. The average Bonchev–Trinajstić information content (AvgIpc) is 2.56. The van der Waals surface area contributed by atoms with Crippen LogP contribution in [0.3, 0.4) is 0 Å². The van der Waals surface area contributed by atoms with Crippen molar-refractivity contribution in [3.63, 3.8) is 0 Å². The molecule has 0 heterocycles. The van der Waals surface area contributed by atoms with Gasteiger partial charge in [0, 0.05) is 17.1 Å². The van der Waals surface area contributed by atoms with Gasteiger partial charge in [-0.25, -0.2) is 0 Å². The zero-order valence-corrected chi connectivity index (χ0v) is 15.2. The van der Waals surface area contributed by atoms with E-state index in [-0.39, 0.29) is 16.3 Å². The van der Waals surface area contributed by atoms with Crippen LogP contribution in [0.5, 0.6) is 5.75 Å². The molecule has 0 aliphatic heterocycles. The van der Waals surface area contributed by atoms with E-state index in [0.29, 0.717) is 16.3 Å². The fraction of sp³-hybridized carbons (Fsp3) is 0.0588. The zero-order valence-electron chi connectivity index (χ0n) is 13.6. The van der Waals surface area contributed by atoms with Crippen molar-refractivity contribution in [2.75, 3.05) is 5.73 Å². The molecule has 3 N–H and O–H groups in total. The van der Waals surface area contributed by atoms with Gasteiger partial charge >= 0.3 is 10.1 Å². The van der Waals surface area contributed by atoms with Gasteiger partial charge in [0.05, 0.1) is 4.90 Å². The zero-order chi connectivity index (χ0) is 19.1. The molecule has 0 spiro atoms. The van der Waals surface area contributed by atoms with Gasteiger partial charge in [0.15, 0.2) is 5.75 Å². The summed E-state index contributed by atoms with van der Waals surface area (Å²) in [5.74, 6) is -0.213. The second-order valence-electron chi connectivity index (χ2n) is 5.67. The standard InChI is InChI=1S/C17H15NO6S2/c1-11-6-7-13(9-16(11)18)26(22,23)24-17-10-14(25(19,20)21)8-12-4-2-3-5-15(12)17/h2-10H,18H2,1H3,(H,19,20,21). The van der Waals surface area contributed by atoms with Gasteiger partial charge in [-0.3, -0.25) is 4.55 Å². The molecule has 0 saturated heterocycles. The minimum absolute atomic E-state index is 0.165. The lowest BCUT2D eigenvalue weighted by molar-refractivity contribution is 0.477. The number of rotatable bonds is 4. The third kappa shape index (κ3) is 3.50. The van der Waals surface area contributed by atoms with Gasteiger partial charge < -0.3 is 9.92 Å². The maximum absolute atomic E-state index is 12.6. The summed E-state index contributed by atoms with van der Waals surface area (Å²) in [5.41, 5.74) is 6.74. The number of nitrogens with two attached hydrogens (primary N) is 1. The van der Waals surface area contributed by atoms with E-state index in [0.717, 1.165) is 6.07 Å². The first-order chi connectivity index (χ1) is 12.1. The minimum Gasteiger partial charge on any atom is -0.398 e. The second kappa shape index (κ2) is 6.27. The number of benzene rings is 3. The van der Waals surface area contributed by atoms with E-state index in [1.165, 1.54) is 24.3 Å². The van der Waals surface area contributed by atoms with E-state index in [9.17, 15) is 21.4 Å². The topological polar surface area (TPSA) is 124 Å². The van der Waals surface area contributed by atoms with Crippen LogP contribution in [0.25, 0.3) is 10.8 Å². The Morgan fingerprint density at radius 2 is 1.62 bits per heavy atom. The second-order valence-corrected chi connectivity index (χ2v) is 8.64. The van der Waals surface area contributed by atoms with E-state index in [2.05, 4.69) is 0 Å². The largest absolute Gasteiger partial charge is 0.398 e. The summed E-state index contributed by atoms with van der Waals surface area (Å²) in [6, 6.07) is 12.8. The summed E-state index contributed by atoms with van der Waals surface area (Å²) in [6.07, 6.45) is 0. The molecule has 136 valence electrons. The normalized spacial score (nSPS) is 12.2. The number of fused-ring (bicyclic) bond motifs is 1. The highest BCUT2D eigenvalue weighted by molar-refractivity contribution is 7.87. The number of anilines is 1. The molecule has 3 aromatic rings. The van der Waals surface area contributed by atoms with Crippen LogP contribution < -0.4 is 9.92 Å². The molecule has 0 amide bonds. The van der Waals surface area contributed by atoms with Gasteiger partial charge in [0.2, 0.25) is 0 Å². The first-order valence-electron chi connectivity index (χ1n) is 7.39. The maximum atomic E-state index is 12.6. The average molecular weight is 393 g/mol. The predicted octanol–water partition coefficient (Wildman–Crippen LogP) is 2.74. The van der Waals surface area contributed by atoms with Crippen LogP contribution in [0, 0.1) is 6.92 Å². The van der Waals surface area contributed by atoms with Gasteiger partial charge in [-0.1, -0.05) is 30.3 Å². The minimum atomic E-state index is -4.54. The van der Waals surface area contributed by atoms with Crippen molar-refractivity contribution in [2.45, 2.75) is 16.7 Å². The summed E-state index contributed by atoms with van der Waals surface area (Å²) in [5, 5.41) is 0.778. The Bertz CT molecular complexity index is 1220. The highest BCUT2D eigenvalue weighted by Crippen LogP contribution is 2.32. The summed E-state index contributed by atoms with van der Waals surface area (Å²) in [6.45, 7) is 1.73. The molecule has 0 aliphatic rings. The van der Waals surface area contributed by atoms with Crippen LogP contribution in [0.1, 0.15) is 5.56 Å². The predicted molar refractivity (Wildman–Crippen MR) is 97.2 cm³/mol. The van der Waals surface area contributed by atoms with Crippen LogP contribution in [-0.2, 0) is 20.2 Å². The van der Waals surface area contributed by atoms with E-state index >= 15 is 0 Å². The highest BCUT2D eigenvalue weighted by Gasteiger charge is 2.21. The SMILES string of the molecule is Cc1ccc(S(=O)(=O)Oc2cc(S(=O)(=O)O)cc3ccccc23)cc1N. The van der Waals surface area contributed by atoms with E-state index in [4.69, 9.17) is 9.92 Å². The van der Waals surface area contributed by atoms with E-state index in [1.54, 1.807) is 31.2 Å². The van der Waals surface area contributed by atoms with Crippen molar-refractivity contribution in [3.8, 4) is 5.75 Å². The molecule has 26 heavy (non-hydrogen) atoms. The molecular weight excluding hydrogens is 378 g/mol. The van der Waals surface area contributed by atoms with Crippen molar-refractivity contribution in [1.82, 2.24) is 0 Å². The van der Waals surface area contributed by atoms with Crippen molar-refractivity contribution >= 4 is 36.7 Å². The number of nitrogen functional groups attached to an aromatic ring is 1. The number of hydrogen-bond donors (Lipinski definition) is 2. The molecular formula is C17H15NO6S2. The number of hydrogen-bond acceptors (Lipinski definition) is 6. The van der Waals surface area contributed by atoms with Crippen LogP contribution in [0.15, 0.2) is 64.4 Å². The smallest absolute Gasteiger partial charge is 0.339 e. The Labute approximate surface area is 150 Å². The molecule has 9 heteroatoms. The summed E-state index contributed by atoms with van der Waals surface area (Å²) in [4.78, 5) is -0.633. The third-order valence-corrected chi connectivity index (χ3v) is 5.90. The molecule has 0 fully saturated rings. The molecule has 0 aliphatic carbocycles. The summed E-state index contributed by atoms with van der Waals surface area (Å²) >= 11 is 0. The Hall–Kier alpha value is -2.62. The molecule has 7 nitrogen and oxygen atoms in total. The lowest BCUT2D eigenvalue weighted by Crippen LogP contribution is -2.11. The van der Waals surface area contributed by atoms with Gasteiger partial charge in [-0.05, 0) is 36.1 Å². The molecule has 0 radical (unpaired) electrons. The van der Waals surface area contributed by atoms with Gasteiger partial charge in [0.25, 0.3) is 10.1 Å². The fourth-order valence-electron chi connectivity index (χ4n) is 2.41. The first-order valence-corrected chi connectivity index (χ1v) is 10.2. The Morgan fingerprint density at radius 3 is 2.27 bits per heavy atom. The molecule has 0 unspecified atom stereocenters. The lowest BCUT2D eigenvalue weighted by Gasteiger charge is -2.12. The van der Waals surface area contributed by atoms with Crippen molar-refractivity contribution < 1.29 is 25.6 Å². The molecule has 0 aromatic heterocycles. The van der Waals surface area contributed by atoms with Gasteiger partial charge in [-0.15, -0.1) is 0 Å². The van der Waals surface area contributed by atoms with Gasteiger partial charge in [0.1, 0.15) is 4.90 Å². The van der Waals surface area contributed by atoms with E-state index in [1.807, 2.05) is 0 Å².